The SMILES string of the molecule is CC1=C(\F)CC/C=C/C(C2=C/CCC3C=C(COc4ccc(F)cc4)N=C3CC\C=C\2)=C\1. The summed E-state index contributed by atoms with van der Waals surface area (Å²) in [7, 11) is 0. The molecule has 3 aliphatic rings. The summed E-state index contributed by atoms with van der Waals surface area (Å²) >= 11 is 0. The van der Waals surface area contributed by atoms with Gasteiger partial charge in [-0.1, -0.05) is 36.5 Å². The molecule has 0 amide bonds. The first-order chi connectivity index (χ1) is 15.6. The predicted molar refractivity (Wildman–Crippen MR) is 127 cm³/mol. The number of halogens is 2. The molecule has 166 valence electrons. The van der Waals surface area contributed by atoms with E-state index in [0.717, 1.165) is 54.5 Å². The van der Waals surface area contributed by atoms with E-state index in [1.807, 2.05) is 13.0 Å². The number of ether oxygens (including phenoxy) is 1. The first-order valence-corrected chi connectivity index (χ1v) is 11.4. The molecule has 1 unspecified atom stereocenters. The van der Waals surface area contributed by atoms with E-state index < -0.39 is 0 Å². The van der Waals surface area contributed by atoms with Crippen molar-refractivity contribution >= 4 is 5.71 Å². The van der Waals surface area contributed by atoms with Crippen molar-refractivity contribution in [3.63, 3.8) is 0 Å². The second-order valence-electron chi connectivity index (χ2n) is 8.42. The van der Waals surface area contributed by atoms with E-state index in [9.17, 15) is 8.78 Å². The summed E-state index contributed by atoms with van der Waals surface area (Å²) in [4.78, 5) is 4.82. The standard InChI is InChI=1S/C28H29F2NO/c1-20-17-22(8-2-4-11-27(20)30)21-7-3-5-12-28-23(10-6-9-21)18-25(31-28)19-32-26-15-13-24(29)14-16-26/h2-3,7-9,13-18,23H,4-6,10-12,19H2,1H3/b7-3+,8-2+,21-9+,22-17+,27-20+. The summed E-state index contributed by atoms with van der Waals surface area (Å²) < 4.78 is 33.0. The zero-order valence-electron chi connectivity index (χ0n) is 18.5. The second kappa shape index (κ2) is 10.5. The summed E-state index contributed by atoms with van der Waals surface area (Å²) in [6.07, 6.45) is 19.9. The van der Waals surface area contributed by atoms with Crippen molar-refractivity contribution in [1.82, 2.24) is 0 Å². The smallest absolute Gasteiger partial charge is 0.130 e. The minimum absolute atomic E-state index is 0.0244. The summed E-state index contributed by atoms with van der Waals surface area (Å²) in [5, 5.41) is 0. The average molecular weight is 434 g/mol. The summed E-state index contributed by atoms with van der Waals surface area (Å²) in [5.41, 5.74) is 5.07. The predicted octanol–water partition coefficient (Wildman–Crippen LogP) is 7.74. The molecule has 0 saturated heterocycles. The normalized spacial score (nSPS) is 29.2. The minimum atomic E-state index is -0.272. The van der Waals surface area contributed by atoms with E-state index in [2.05, 4.69) is 36.5 Å². The van der Waals surface area contributed by atoms with Crippen molar-refractivity contribution in [3.8, 4) is 5.75 Å². The van der Waals surface area contributed by atoms with Crippen LogP contribution in [0.5, 0.6) is 5.75 Å². The van der Waals surface area contributed by atoms with Gasteiger partial charge >= 0.3 is 0 Å². The topological polar surface area (TPSA) is 21.6 Å². The summed E-state index contributed by atoms with van der Waals surface area (Å²) in [5.74, 6) is 0.656. The zero-order chi connectivity index (χ0) is 22.3. The van der Waals surface area contributed by atoms with E-state index in [-0.39, 0.29) is 11.6 Å². The third-order valence-electron chi connectivity index (χ3n) is 5.98. The molecule has 1 atom stereocenters. The number of rotatable bonds is 4. The van der Waals surface area contributed by atoms with Crippen LogP contribution in [-0.4, -0.2) is 12.3 Å². The molecule has 0 spiro atoms. The molecule has 1 heterocycles. The fraction of sp³-hybridized carbons (Fsp3) is 0.321. The molecule has 1 aliphatic heterocycles. The lowest BCUT2D eigenvalue weighted by Crippen LogP contribution is -2.09. The Balaban J connectivity index is 1.44. The number of benzene rings is 1. The Labute approximate surface area is 189 Å². The van der Waals surface area contributed by atoms with Crippen molar-refractivity contribution < 1.29 is 13.5 Å². The average Bonchev–Trinajstić information content (AvgIpc) is 3.18. The van der Waals surface area contributed by atoms with Gasteiger partial charge in [0.15, 0.2) is 0 Å². The van der Waals surface area contributed by atoms with E-state index >= 15 is 0 Å². The lowest BCUT2D eigenvalue weighted by atomic mass is 9.91. The van der Waals surface area contributed by atoms with E-state index in [4.69, 9.17) is 9.73 Å². The van der Waals surface area contributed by atoms with Crippen LogP contribution >= 0.6 is 0 Å². The first kappa shape index (κ1) is 22.2. The Bertz CT molecular complexity index is 1050. The van der Waals surface area contributed by atoms with Crippen molar-refractivity contribution in [1.29, 1.82) is 0 Å². The Morgan fingerprint density at radius 1 is 0.969 bits per heavy atom. The number of aliphatic imine (C=N–C) groups is 1. The molecule has 4 rings (SSSR count). The maximum atomic E-state index is 14.1. The highest BCUT2D eigenvalue weighted by atomic mass is 19.1. The number of fused-ring (bicyclic) bond motifs is 1. The summed E-state index contributed by atoms with van der Waals surface area (Å²) in [6.45, 7) is 2.23. The van der Waals surface area contributed by atoms with E-state index in [0.29, 0.717) is 24.7 Å². The van der Waals surface area contributed by atoms with E-state index in [1.165, 1.54) is 17.8 Å². The highest BCUT2D eigenvalue weighted by Gasteiger charge is 2.21. The molecule has 0 aromatic heterocycles. The van der Waals surface area contributed by atoms with Gasteiger partial charge in [-0.3, -0.25) is 4.99 Å². The Morgan fingerprint density at radius 3 is 2.53 bits per heavy atom. The lowest BCUT2D eigenvalue weighted by molar-refractivity contribution is 0.350. The Morgan fingerprint density at radius 2 is 1.72 bits per heavy atom. The van der Waals surface area contributed by atoms with Crippen LogP contribution in [0.15, 0.2) is 100 Å². The van der Waals surface area contributed by atoms with Crippen LogP contribution in [0.3, 0.4) is 0 Å². The lowest BCUT2D eigenvalue weighted by Gasteiger charge is -2.13. The molecule has 1 aromatic carbocycles. The maximum absolute atomic E-state index is 14.1. The van der Waals surface area contributed by atoms with Crippen LogP contribution in [0, 0.1) is 11.7 Å². The molecule has 2 nitrogen and oxygen atoms in total. The molecule has 4 heteroatoms. The number of allylic oxidation sites excluding steroid dienone is 11. The maximum Gasteiger partial charge on any atom is 0.130 e. The fourth-order valence-electron chi connectivity index (χ4n) is 4.19. The van der Waals surface area contributed by atoms with Crippen molar-refractivity contribution in [2.75, 3.05) is 6.61 Å². The van der Waals surface area contributed by atoms with Gasteiger partial charge in [-0.25, -0.2) is 8.78 Å². The summed E-state index contributed by atoms with van der Waals surface area (Å²) in [6, 6.07) is 6.06. The molecular weight excluding hydrogens is 404 g/mol. The van der Waals surface area contributed by atoms with Crippen LogP contribution in [0.25, 0.3) is 0 Å². The number of hydrogen-bond acceptors (Lipinski definition) is 2. The Hall–Kier alpha value is -3.01. The minimum Gasteiger partial charge on any atom is -0.487 e. The van der Waals surface area contributed by atoms with Crippen LogP contribution in [0.2, 0.25) is 0 Å². The van der Waals surface area contributed by atoms with Crippen LogP contribution in [0.4, 0.5) is 8.78 Å². The molecule has 32 heavy (non-hydrogen) atoms. The highest BCUT2D eigenvalue weighted by molar-refractivity contribution is 5.91. The van der Waals surface area contributed by atoms with Gasteiger partial charge in [-0.2, -0.15) is 0 Å². The molecule has 0 bridgehead atoms. The molecule has 0 saturated carbocycles. The molecule has 0 N–H and O–H groups in total. The third-order valence-corrected chi connectivity index (χ3v) is 5.98. The van der Waals surface area contributed by atoms with Gasteiger partial charge in [-0.05, 0) is 86.1 Å². The molecule has 1 aromatic rings. The monoisotopic (exact) mass is 433 g/mol. The van der Waals surface area contributed by atoms with Gasteiger partial charge in [0.05, 0.1) is 5.70 Å². The van der Waals surface area contributed by atoms with Gasteiger partial charge in [0, 0.05) is 18.1 Å². The van der Waals surface area contributed by atoms with Crippen LogP contribution in [-0.2, 0) is 0 Å². The molecule has 2 aliphatic carbocycles. The third kappa shape index (κ3) is 5.82. The molecule has 0 radical (unpaired) electrons. The number of nitrogens with zero attached hydrogens (tertiary/aromatic N) is 1. The van der Waals surface area contributed by atoms with Gasteiger partial charge in [0.2, 0.25) is 0 Å². The quantitative estimate of drug-likeness (QED) is 0.476. The van der Waals surface area contributed by atoms with Gasteiger partial charge in [-0.15, -0.1) is 0 Å². The Kier molecular flexibility index (Phi) is 7.31. The molecule has 0 fully saturated rings. The van der Waals surface area contributed by atoms with E-state index in [1.54, 1.807) is 12.1 Å². The first-order valence-electron chi connectivity index (χ1n) is 11.4. The highest BCUT2D eigenvalue weighted by Crippen LogP contribution is 2.29. The largest absolute Gasteiger partial charge is 0.487 e. The zero-order valence-corrected chi connectivity index (χ0v) is 18.5. The van der Waals surface area contributed by atoms with Gasteiger partial charge in [0.25, 0.3) is 0 Å². The molecular formula is C28H29F2NO. The van der Waals surface area contributed by atoms with Gasteiger partial charge < -0.3 is 4.74 Å². The number of hydrogen-bond donors (Lipinski definition) is 0. The van der Waals surface area contributed by atoms with Gasteiger partial charge in [0.1, 0.15) is 24.0 Å². The van der Waals surface area contributed by atoms with Crippen molar-refractivity contribution in [2.24, 2.45) is 10.9 Å². The second-order valence-corrected chi connectivity index (χ2v) is 8.42. The van der Waals surface area contributed by atoms with Crippen molar-refractivity contribution in [2.45, 2.75) is 45.4 Å². The fourth-order valence-corrected chi connectivity index (χ4v) is 4.19. The van der Waals surface area contributed by atoms with Crippen molar-refractivity contribution in [3.05, 3.63) is 101 Å². The van der Waals surface area contributed by atoms with Crippen LogP contribution in [0.1, 0.15) is 45.4 Å². The van der Waals surface area contributed by atoms with Crippen LogP contribution < -0.4 is 4.74 Å².